The van der Waals surface area contributed by atoms with Crippen molar-refractivity contribution in [1.29, 1.82) is 0 Å². The van der Waals surface area contributed by atoms with Crippen LogP contribution in [0.2, 0.25) is 0 Å². The summed E-state index contributed by atoms with van der Waals surface area (Å²) < 4.78 is 11.1. The Labute approximate surface area is 131 Å². The maximum Gasteiger partial charge on any atom is 0.219 e. The van der Waals surface area contributed by atoms with Crippen LogP contribution in [0.1, 0.15) is 12.0 Å². The zero-order chi connectivity index (χ0) is 15.0. The molecule has 0 atom stereocenters. The predicted octanol–water partition coefficient (Wildman–Crippen LogP) is 3.14. The van der Waals surface area contributed by atoms with Crippen LogP contribution in [-0.2, 0) is 11.2 Å². The third kappa shape index (κ3) is 4.55. The van der Waals surface area contributed by atoms with Crippen LogP contribution < -0.4 is 4.74 Å². The highest BCUT2D eigenvalue weighted by molar-refractivity contribution is 5.31. The van der Waals surface area contributed by atoms with Crippen LogP contribution in [0, 0.1) is 0 Å². The van der Waals surface area contributed by atoms with Gasteiger partial charge >= 0.3 is 0 Å². The molecule has 2 heterocycles. The van der Waals surface area contributed by atoms with E-state index < -0.39 is 0 Å². The van der Waals surface area contributed by atoms with E-state index in [4.69, 9.17) is 9.47 Å². The number of hydrogen-bond acceptors (Lipinski definition) is 4. The van der Waals surface area contributed by atoms with Gasteiger partial charge in [0.05, 0.1) is 13.2 Å². The number of hydrogen-bond donors (Lipinski definition) is 0. The molecule has 0 radical (unpaired) electrons. The predicted molar refractivity (Wildman–Crippen MR) is 86.3 cm³/mol. The third-order valence-electron chi connectivity index (χ3n) is 3.80. The third-order valence-corrected chi connectivity index (χ3v) is 3.80. The van der Waals surface area contributed by atoms with E-state index in [9.17, 15) is 0 Å². The molecule has 1 fully saturated rings. The van der Waals surface area contributed by atoms with Crippen LogP contribution in [0.5, 0.6) is 11.6 Å². The number of morpholine rings is 1. The first-order valence-corrected chi connectivity index (χ1v) is 7.88. The Morgan fingerprint density at radius 2 is 2.00 bits per heavy atom. The Kier molecular flexibility index (Phi) is 5.40. The Morgan fingerprint density at radius 1 is 1.09 bits per heavy atom. The van der Waals surface area contributed by atoms with Crippen molar-refractivity contribution in [3.8, 4) is 11.6 Å². The number of benzene rings is 1. The first-order valence-electron chi connectivity index (χ1n) is 7.88. The molecule has 0 saturated carbocycles. The lowest BCUT2D eigenvalue weighted by Crippen LogP contribution is -2.36. The first-order chi connectivity index (χ1) is 10.9. The van der Waals surface area contributed by atoms with Crippen molar-refractivity contribution in [2.45, 2.75) is 12.8 Å². The highest BCUT2D eigenvalue weighted by Crippen LogP contribution is 2.20. The van der Waals surface area contributed by atoms with Crippen molar-refractivity contribution < 1.29 is 9.47 Å². The zero-order valence-electron chi connectivity index (χ0n) is 12.8. The van der Waals surface area contributed by atoms with Crippen molar-refractivity contribution in [3.05, 3.63) is 54.2 Å². The van der Waals surface area contributed by atoms with Crippen LogP contribution in [0.4, 0.5) is 0 Å². The van der Waals surface area contributed by atoms with Gasteiger partial charge in [-0.3, -0.25) is 4.90 Å². The second-order valence-electron chi connectivity index (χ2n) is 5.48. The van der Waals surface area contributed by atoms with Crippen LogP contribution in [0.15, 0.2) is 48.7 Å². The van der Waals surface area contributed by atoms with Gasteiger partial charge in [-0.15, -0.1) is 0 Å². The van der Waals surface area contributed by atoms with E-state index in [0.717, 1.165) is 51.4 Å². The van der Waals surface area contributed by atoms with E-state index in [1.165, 1.54) is 5.56 Å². The molecule has 2 aromatic rings. The summed E-state index contributed by atoms with van der Waals surface area (Å²) in [5.74, 6) is 1.48. The second kappa shape index (κ2) is 7.92. The number of aromatic nitrogens is 1. The van der Waals surface area contributed by atoms with Crippen LogP contribution in [0.3, 0.4) is 0 Å². The van der Waals surface area contributed by atoms with E-state index in [0.29, 0.717) is 5.88 Å². The monoisotopic (exact) mass is 298 g/mol. The molecule has 4 nitrogen and oxygen atoms in total. The maximum absolute atomic E-state index is 5.78. The molecule has 22 heavy (non-hydrogen) atoms. The molecule has 0 bridgehead atoms. The highest BCUT2D eigenvalue weighted by atomic mass is 16.5. The largest absolute Gasteiger partial charge is 0.439 e. The fourth-order valence-electron chi connectivity index (χ4n) is 2.62. The minimum atomic E-state index is 0.632. The molecule has 3 rings (SSSR count). The minimum Gasteiger partial charge on any atom is -0.439 e. The lowest BCUT2D eigenvalue weighted by atomic mass is 10.1. The lowest BCUT2D eigenvalue weighted by molar-refractivity contribution is 0.0375. The second-order valence-corrected chi connectivity index (χ2v) is 5.48. The van der Waals surface area contributed by atoms with Crippen molar-refractivity contribution in [3.63, 3.8) is 0 Å². The van der Waals surface area contributed by atoms with Crippen molar-refractivity contribution in [2.75, 3.05) is 32.8 Å². The van der Waals surface area contributed by atoms with E-state index in [-0.39, 0.29) is 0 Å². The quantitative estimate of drug-likeness (QED) is 0.820. The van der Waals surface area contributed by atoms with E-state index in [2.05, 4.69) is 22.0 Å². The number of ether oxygens (including phenoxy) is 2. The molecule has 1 aromatic heterocycles. The SMILES string of the molecule is c1ccc(Oc2cccc(CCCN3CCOCC3)c2)nc1. The molecule has 0 N–H and O–H groups in total. The lowest BCUT2D eigenvalue weighted by Gasteiger charge is -2.26. The summed E-state index contributed by atoms with van der Waals surface area (Å²) in [7, 11) is 0. The summed E-state index contributed by atoms with van der Waals surface area (Å²) >= 11 is 0. The van der Waals surface area contributed by atoms with Gasteiger partial charge in [0, 0.05) is 25.4 Å². The average molecular weight is 298 g/mol. The molecule has 1 aliphatic rings. The van der Waals surface area contributed by atoms with Crippen LogP contribution >= 0.6 is 0 Å². The zero-order valence-corrected chi connectivity index (χ0v) is 12.8. The summed E-state index contributed by atoms with van der Waals surface area (Å²) in [5, 5.41) is 0. The summed E-state index contributed by atoms with van der Waals surface area (Å²) in [5.41, 5.74) is 1.31. The summed E-state index contributed by atoms with van der Waals surface area (Å²) in [4.78, 5) is 6.66. The molecule has 0 aliphatic carbocycles. The summed E-state index contributed by atoms with van der Waals surface area (Å²) in [6.45, 7) is 4.99. The molecular formula is C18H22N2O2. The molecule has 0 unspecified atom stereocenters. The molecule has 1 aliphatic heterocycles. The Balaban J connectivity index is 1.50. The topological polar surface area (TPSA) is 34.6 Å². The van der Waals surface area contributed by atoms with Gasteiger partial charge in [0.15, 0.2) is 0 Å². The van der Waals surface area contributed by atoms with Gasteiger partial charge in [-0.25, -0.2) is 4.98 Å². The van der Waals surface area contributed by atoms with Crippen LogP contribution in [-0.4, -0.2) is 42.7 Å². The van der Waals surface area contributed by atoms with Gasteiger partial charge in [-0.2, -0.15) is 0 Å². The van der Waals surface area contributed by atoms with Gasteiger partial charge in [0.25, 0.3) is 0 Å². The van der Waals surface area contributed by atoms with Crippen molar-refractivity contribution >= 4 is 0 Å². The Hall–Kier alpha value is -1.91. The normalized spacial score (nSPS) is 15.6. The molecule has 1 saturated heterocycles. The molecule has 4 heteroatoms. The summed E-state index contributed by atoms with van der Waals surface area (Å²) in [6.07, 6.45) is 3.96. The summed E-state index contributed by atoms with van der Waals surface area (Å²) in [6, 6.07) is 14.0. The van der Waals surface area contributed by atoms with E-state index >= 15 is 0 Å². The molecule has 116 valence electrons. The minimum absolute atomic E-state index is 0.632. The fourth-order valence-corrected chi connectivity index (χ4v) is 2.62. The average Bonchev–Trinajstić information content (AvgIpc) is 2.57. The smallest absolute Gasteiger partial charge is 0.219 e. The molecule has 0 spiro atoms. The molecule has 0 amide bonds. The van der Waals surface area contributed by atoms with E-state index in [1.54, 1.807) is 6.20 Å². The Morgan fingerprint density at radius 3 is 2.82 bits per heavy atom. The number of aryl methyl sites for hydroxylation is 1. The van der Waals surface area contributed by atoms with Gasteiger partial charge in [0.2, 0.25) is 5.88 Å². The van der Waals surface area contributed by atoms with Gasteiger partial charge in [-0.05, 0) is 43.1 Å². The number of pyridine rings is 1. The molecular weight excluding hydrogens is 276 g/mol. The van der Waals surface area contributed by atoms with Gasteiger partial charge in [-0.1, -0.05) is 18.2 Å². The Bertz CT molecular complexity index is 568. The number of rotatable bonds is 6. The van der Waals surface area contributed by atoms with Crippen molar-refractivity contribution in [2.24, 2.45) is 0 Å². The fraction of sp³-hybridized carbons (Fsp3) is 0.389. The van der Waals surface area contributed by atoms with Crippen molar-refractivity contribution in [1.82, 2.24) is 9.88 Å². The van der Waals surface area contributed by atoms with Crippen LogP contribution in [0.25, 0.3) is 0 Å². The van der Waals surface area contributed by atoms with Gasteiger partial charge in [0.1, 0.15) is 5.75 Å². The standard InChI is InChI=1S/C18H22N2O2/c1-2-9-19-18(8-1)22-17-7-3-5-16(15-17)6-4-10-20-11-13-21-14-12-20/h1-3,5,7-9,15H,4,6,10-14H2. The highest BCUT2D eigenvalue weighted by Gasteiger charge is 2.09. The van der Waals surface area contributed by atoms with E-state index in [1.807, 2.05) is 30.3 Å². The maximum atomic E-state index is 5.78. The van der Waals surface area contributed by atoms with Gasteiger partial charge < -0.3 is 9.47 Å². The number of nitrogens with zero attached hydrogens (tertiary/aromatic N) is 2. The first kappa shape index (κ1) is 15.0. The molecule has 1 aromatic carbocycles.